The number of aromatic amines is 1. The predicted molar refractivity (Wildman–Crippen MR) is 96.2 cm³/mol. The monoisotopic (exact) mass is 383 g/mol. The number of carbonyl (C=O) groups excluding carboxylic acids is 1. The van der Waals surface area contributed by atoms with Crippen LogP contribution in [0, 0.1) is 29.9 Å². The van der Waals surface area contributed by atoms with Gasteiger partial charge in [-0.25, -0.2) is 18.7 Å². The summed E-state index contributed by atoms with van der Waals surface area (Å²) in [6, 6.07) is 3.52. The molecular formula is C19H15F2N5O2. The lowest BCUT2D eigenvalue weighted by Crippen LogP contribution is -2.31. The van der Waals surface area contributed by atoms with Gasteiger partial charge in [-0.1, -0.05) is 0 Å². The summed E-state index contributed by atoms with van der Waals surface area (Å²) < 4.78 is 27.7. The Morgan fingerprint density at radius 3 is 2.64 bits per heavy atom. The number of fused-ring (bicyclic) bond motifs is 1. The topological polar surface area (TPSA) is 112 Å². The Hall–Kier alpha value is -3.67. The first kappa shape index (κ1) is 19.1. The molecule has 1 aromatic carbocycles. The summed E-state index contributed by atoms with van der Waals surface area (Å²) in [4.78, 5) is 35.1. The number of hydrogen-bond donors (Lipinski definition) is 2. The summed E-state index contributed by atoms with van der Waals surface area (Å²) in [5, 5.41) is 11.3. The van der Waals surface area contributed by atoms with E-state index in [1.165, 1.54) is 25.4 Å². The molecule has 3 rings (SSSR count). The number of rotatable bonds is 4. The molecule has 142 valence electrons. The van der Waals surface area contributed by atoms with Crippen LogP contribution in [0.2, 0.25) is 0 Å². The van der Waals surface area contributed by atoms with E-state index in [1.807, 2.05) is 6.07 Å². The standard InChI is InChI=1S/C19H15F2N5O2/c1-9-12(19(28)26-14-4-3-13(20)17(21)16(9)14)5-15(27)25-10(2)18-23-7-11(6-22)8-24-18/h3-4,7-8,10H,5H2,1-2H3,(H,25,27)(H,26,28)/t10-/m0/s1. The number of benzene rings is 1. The number of carbonyl (C=O) groups is 1. The van der Waals surface area contributed by atoms with Crippen LogP contribution in [0.1, 0.15) is 35.5 Å². The van der Waals surface area contributed by atoms with E-state index in [0.29, 0.717) is 5.82 Å². The van der Waals surface area contributed by atoms with E-state index in [9.17, 15) is 18.4 Å². The second-order valence-electron chi connectivity index (χ2n) is 6.25. The zero-order valence-electron chi connectivity index (χ0n) is 15.0. The normalized spacial score (nSPS) is 11.8. The van der Waals surface area contributed by atoms with Gasteiger partial charge in [-0.3, -0.25) is 9.59 Å². The van der Waals surface area contributed by atoms with Gasteiger partial charge in [0.25, 0.3) is 5.56 Å². The van der Waals surface area contributed by atoms with Crippen molar-refractivity contribution < 1.29 is 13.6 Å². The molecule has 0 saturated carbocycles. The summed E-state index contributed by atoms with van der Waals surface area (Å²) in [6.45, 7) is 3.11. The first-order chi connectivity index (χ1) is 13.3. The Bertz CT molecular complexity index is 1170. The average molecular weight is 383 g/mol. The van der Waals surface area contributed by atoms with Crippen molar-refractivity contribution in [3.05, 3.63) is 69.0 Å². The average Bonchev–Trinajstić information content (AvgIpc) is 2.68. The summed E-state index contributed by atoms with van der Waals surface area (Å²) in [6.07, 6.45) is 2.34. The van der Waals surface area contributed by atoms with Crippen molar-refractivity contribution in [2.75, 3.05) is 0 Å². The van der Waals surface area contributed by atoms with Gasteiger partial charge < -0.3 is 10.3 Å². The molecule has 0 unspecified atom stereocenters. The minimum Gasteiger partial charge on any atom is -0.346 e. The fraction of sp³-hybridized carbons (Fsp3) is 0.211. The van der Waals surface area contributed by atoms with Gasteiger partial charge in [0.2, 0.25) is 5.91 Å². The number of nitrogens with zero attached hydrogens (tertiary/aromatic N) is 3. The first-order valence-corrected chi connectivity index (χ1v) is 8.32. The zero-order valence-corrected chi connectivity index (χ0v) is 15.0. The number of aromatic nitrogens is 3. The number of amides is 1. The largest absolute Gasteiger partial charge is 0.346 e. The van der Waals surface area contributed by atoms with Crippen molar-refractivity contribution in [2.45, 2.75) is 26.3 Å². The van der Waals surface area contributed by atoms with Crippen molar-refractivity contribution >= 4 is 16.8 Å². The molecule has 0 aliphatic carbocycles. The van der Waals surface area contributed by atoms with Crippen molar-refractivity contribution in [3.8, 4) is 6.07 Å². The fourth-order valence-corrected chi connectivity index (χ4v) is 2.89. The quantitative estimate of drug-likeness (QED) is 0.717. The van der Waals surface area contributed by atoms with Crippen LogP contribution < -0.4 is 10.9 Å². The van der Waals surface area contributed by atoms with Gasteiger partial charge in [0.1, 0.15) is 11.9 Å². The molecule has 1 atom stereocenters. The number of nitriles is 1. The highest BCUT2D eigenvalue weighted by atomic mass is 19.2. The third-order valence-corrected chi connectivity index (χ3v) is 4.35. The summed E-state index contributed by atoms with van der Waals surface area (Å²) in [5.74, 6) is -2.33. The van der Waals surface area contributed by atoms with Crippen LogP contribution in [-0.2, 0) is 11.2 Å². The number of hydrogen-bond acceptors (Lipinski definition) is 5. The molecule has 0 aliphatic rings. The van der Waals surface area contributed by atoms with Gasteiger partial charge >= 0.3 is 0 Å². The van der Waals surface area contributed by atoms with Crippen LogP contribution in [0.3, 0.4) is 0 Å². The summed E-state index contributed by atoms with van der Waals surface area (Å²) in [5.41, 5.74) is 0.142. The molecule has 2 heterocycles. The Kier molecular flexibility index (Phi) is 5.13. The number of nitrogens with one attached hydrogen (secondary N) is 2. The minimum atomic E-state index is -1.08. The molecule has 7 nitrogen and oxygen atoms in total. The molecule has 2 N–H and O–H groups in total. The molecule has 0 saturated heterocycles. The maximum absolute atomic E-state index is 14.2. The maximum Gasteiger partial charge on any atom is 0.252 e. The van der Waals surface area contributed by atoms with Crippen molar-refractivity contribution in [1.29, 1.82) is 5.26 Å². The minimum absolute atomic E-state index is 0.0439. The summed E-state index contributed by atoms with van der Waals surface area (Å²) >= 11 is 0. The number of aryl methyl sites for hydroxylation is 1. The van der Waals surface area contributed by atoms with Crippen molar-refractivity contribution in [1.82, 2.24) is 20.3 Å². The first-order valence-electron chi connectivity index (χ1n) is 8.32. The lowest BCUT2D eigenvalue weighted by atomic mass is 10.0. The van der Waals surface area contributed by atoms with Crippen LogP contribution in [0.25, 0.3) is 10.9 Å². The second kappa shape index (κ2) is 7.52. The SMILES string of the molecule is Cc1c(CC(=O)N[C@@H](C)c2ncc(C#N)cn2)c(=O)[nH]c2ccc(F)c(F)c12. The van der Waals surface area contributed by atoms with Gasteiger partial charge in [-0.05, 0) is 31.5 Å². The van der Waals surface area contributed by atoms with Gasteiger partial charge in [-0.15, -0.1) is 0 Å². The Balaban J connectivity index is 1.85. The lowest BCUT2D eigenvalue weighted by molar-refractivity contribution is -0.121. The van der Waals surface area contributed by atoms with Gasteiger partial charge in [0.15, 0.2) is 11.6 Å². The van der Waals surface area contributed by atoms with Crippen molar-refractivity contribution in [3.63, 3.8) is 0 Å². The molecule has 0 radical (unpaired) electrons. The third kappa shape index (κ3) is 3.57. The smallest absolute Gasteiger partial charge is 0.252 e. The molecule has 0 fully saturated rings. The van der Waals surface area contributed by atoms with E-state index in [4.69, 9.17) is 5.26 Å². The molecule has 0 spiro atoms. The van der Waals surface area contributed by atoms with E-state index in [1.54, 1.807) is 6.92 Å². The van der Waals surface area contributed by atoms with E-state index < -0.39 is 29.1 Å². The summed E-state index contributed by atoms with van der Waals surface area (Å²) in [7, 11) is 0. The van der Waals surface area contributed by atoms with Gasteiger partial charge in [-0.2, -0.15) is 5.26 Å². The van der Waals surface area contributed by atoms with Crippen LogP contribution >= 0.6 is 0 Å². The number of pyridine rings is 1. The van der Waals surface area contributed by atoms with E-state index in [-0.39, 0.29) is 34.0 Å². The predicted octanol–water partition coefficient (Wildman–Crippen LogP) is 2.20. The maximum atomic E-state index is 14.2. The number of H-pyrrole nitrogens is 1. The Labute approximate surface area is 158 Å². The third-order valence-electron chi connectivity index (χ3n) is 4.35. The van der Waals surface area contributed by atoms with Gasteiger partial charge in [0, 0.05) is 23.3 Å². The van der Waals surface area contributed by atoms with Gasteiger partial charge in [0.05, 0.1) is 23.5 Å². The van der Waals surface area contributed by atoms with Crippen molar-refractivity contribution in [2.24, 2.45) is 0 Å². The highest BCUT2D eigenvalue weighted by Crippen LogP contribution is 2.23. The van der Waals surface area contributed by atoms with E-state index in [0.717, 1.165) is 6.07 Å². The zero-order chi connectivity index (χ0) is 20.4. The Morgan fingerprint density at radius 2 is 2.00 bits per heavy atom. The second-order valence-corrected chi connectivity index (χ2v) is 6.25. The van der Waals surface area contributed by atoms with Crippen LogP contribution in [0.15, 0.2) is 29.3 Å². The molecule has 3 aromatic rings. The molecule has 0 aliphatic heterocycles. The molecule has 0 bridgehead atoms. The molecule has 28 heavy (non-hydrogen) atoms. The molecule has 9 heteroatoms. The highest BCUT2D eigenvalue weighted by molar-refractivity contribution is 5.86. The van der Waals surface area contributed by atoms with E-state index >= 15 is 0 Å². The lowest BCUT2D eigenvalue weighted by Gasteiger charge is -2.14. The molecule has 2 aromatic heterocycles. The van der Waals surface area contributed by atoms with Crippen LogP contribution in [0.5, 0.6) is 0 Å². The van der Waals surface area contributed by atoms with E-state index in [2.05, 4.69) is 20.3 Å². The number of halogens is 2. The molecular weight excluding hydrogens is 368 g/mol. The van der Waals surface area contributed by atoms with Crippen LogP contribution in [0.4, 0.5) is 8.78 Å². The molecule has 1 amide bonds. The van der Waals surface area contributed by atoms with Crippen LogP contribution in [-0.4, -0.2) is 20.9 Å². The highest BCUT2D eigenvalue weighted by Gasteiger charge is 2.19. The Morgan fingerprint density at radius 1 is 1.32 bits per heavy atom. The fourth-order valence-electron chi connectivity index (χ4n) is 2.89.